The van der Waals surface area contributed by atoms with Crippen molar-refractivity contribution in [2.24, 2.45) is 11.8 Å². The molecule has 7 heteroatoms. The lowest BCUT2D eigenvalue weighted by molar-refractivity contribution is -0.146. The first-order valence-corrected chi connectivity index (χ1v) is 9.53. The second-order valence-electron chi connectivity index (χ2n) is 6.53. The van der Waals surface area contributed by atoms with Crippen molar-refractivity contribution in [2.45, 2.75) is 38.5 Å². The Morgan fingerprint density at radius 1 is 1.32 bits per heavy atom. The first-order valence-electron chi connectivity index (χ1n) is 8.65. The number of nitrogens with one attached hydrogen (secondary N) is 1. The van der Waals surface area contributed by atoms with E-state index in [2.05, 4.69) is 10.5 Å². The highest BCUT2D eigenvalue weighted by Gasteiger charge is 2.33. The van der Waals surface area contributed by atoms with Crippen LogP contribution in [0, 0.1) is 11.8 Å². The van der Waals surface area contributed by atoms with E-state index in [1.54, 1.807) is 17.4 Å². The fourth-order valence-corrected chi connectivity index (χ4v) is 3.79. The zero-order chi connectivity index (χ0) is 17.6. The molecule has 6 nitrogen and oxygen atoms in total. The third-order valence-corrected chi connectivity index (χ3v) is 5.55. The summed E-state index contributed by atoms with van der Waals surface area (Å²) >= 11 is 1.54. The summed E-state index contributed by atoms with van der Waals surface area (Å²) in [6, 6.07) is 5.51. The molecule has 0 aliphatic heterocycles. The van der Waals surface area contributed by atoms with Crippen LogP contribution in [0.2, 0.25) is 0 Å². The van der Waals surface area contributed by atoms with Crippen molar-refractivity contribution in [3.05, 3.63) is 29.3 Å². The molecule has 1 amide bonds. The lowest BCUT2D eigenvalue weighted by Gasteiger charge is -2.32. The molecule has 1 fully saturated rings. The standard InChI is InChI=1S/C18H22N2O4S/c21-17(14-11-15(24-20-14)16-6-4-8-25-16)19-7-3-1-2-5-12-9-13(10-12)18(22)23/h4,6,8,11-13H,1-3,5,7,9-10H2,(H,19,21)(H,22,23). The molecular formula is C18H22N2O4S. The van der Waals surface area contributed by atoms with Crippen molar-refractivity contribution in [3.63, 3.8) is 0 Å². The van der Waals surface area contributed by atoms with E-state index in [0.29, 0.717) is 23.9 Å². The number of thiophene rings is 1. The Morgan fingerprint density at radius 3 is 2.88 bits per heavy atom. The van der Waals surface area contributed by atoms with Crippen molar-refractivity contribution in [1.82, 2.24) is 10.5 Å². The number of aromatic nitrogens is 1. The Bertz CT molecular complexity index is 704. The first-order chi connectivity index (χ1) is 12.1. The Labute approximate surface area is 150 Å². The van der Waals surface area contributed by atoms with Crippen molar-refractivity contribution < 1.29 is 19.2 Å². The maximum Gasteiger partial charge on any atom is 0.306 e. The number of hydrogen-bond donors (Lipinski definition) is 2. The highest BCUT2D eigenvalue weighted by molar-refractivity contribution is 7.13. The molecule has 134 valence electrons. The average Bonchev–Trinajstić information content (AvgIpc) is 3.22. The third-order valence-electron chi connectivity index (χ3n) is 4.67. The summed E-state index contributed by atoms with van der Waals surface area (Å²) in [5, 5.41) is 17.5. The van der Waals surface area contributed by atoms with Crippen molar-refractivity contribution in [2.75, 3.05) is 6.54 Å². The van der Waals surface area contributed by atoms with Gasteiger partial charge in [0, 0.05) is 12.6 Å². The summed E-state index contributed by atoms with van der Waals surface area (Å²) in [6.07, 6.45) is 5.77. The largest absolute Gasteiger partial charge is 0.481 e. The van der Waals surface area contributed by atoms with Crippen LogP contribution in [-0.4, -0.2) is 28.7 Å². The predicted molar refractivity (Wildman–Crippen MR) is 94.5 cm³/mol. The van der Waals surface area contributed by atoms with Gasteiger partial charge in [0.25, 0.3) is 5.91 Å². The molecule has 0 unspecified atom stereocenters. The number of carboxylic acid groups (broad SMARTS) is 1. The number of carbonyl (C=O) groups excluding carboxylic acids is 1. The summed E-state index contributed by atoms with van der Waals surface area (Å²) in [5.41, 5.74) is 0.303. The third kappa shape index (κ3) is 4.69. The van der Waals surface area contributed by atoms with E-state index in [4.69, 9.17) is 9.63 Å². The van der Waals surface area contributed by atoms with Gasteiger partial charge >= 0.3 is 5.97 Å². The SMILES string of the molecule is O=C(NCCCCCC1CC(C(=O)O)C1)c1cc(-c2cccs2)on1. The van der Waals surface area contributed by atoms with Crippen LogP contribution in [0.15, 0.2) is 28.1 Å². The molecule has 1 saturated carbocycles. The molecule has 0 radical (unpaired) electrons. The number of aliphatic carboxylic acids is 1. The predicted octanol–water partition coefficient (Wildman–Crippen LogP) is 3.80. The molecule has 2 heterocycles. The van der Waals surface area contributed by atoms with E-state index >= 15 is 0 Å². The minimum Gasteiger partial charge on any atom is -0.481 e. The highest BCUT2D eigenvalue weighted by Crippen LogP contribution is 2.37. The van der Waals surface area contributed by atoms with E-state index in [1.807, 2.05) is 17.5 Å². The van der Waals surface area contributed by atoms with Crippen LogP contribution in [0.3, 0.4) is 0 Å². The summed E-state index contributed by atoms with van der Waals surface area (Å²) in [6.45, 7) is 0.614. The molecule has 2 aromatic rings. The molecule has 3 rings (SSSR count). The highest BCUT2D eigenvalue weighted by atomic mass is 32.1. The van der Waals surface area contributed by atoms with Crippen LogP contribution in [0.1, 0.15) is 49.0 Å². The lowest BCUT2D eigenvalue weighted by Crippen LogP contribution is -2.30. The van der Waals surface area contributed by atoms with Gasteiger partial charge in [0.15, 0.2) is 11.5 Å². The number of carboxylic acids is 1. The molecular weight excluding hydrogens is 340 g/mol. The van der Waals surface area contributed by atoms with Crippen molar-refractivity contribution >= 4 is 23.2 Å². The Balaban J connectivity index is 1.28. The Kier molecular flexibility index (Phi) is 5.86. The van der Waals surface area contributed by atoms with Gasteiger partial charge in [-0.1, -0.05) is 30.5 Å². The lowest BCUT2D eigenvalue weighted by atomic mass is 9.72. The minimum absolute atomic E-state index is 0.120. The van der Waals surface area contributed by atoms with Gasteiger partial charge in [0.2, 0.25) is 0 Å². The zero-order valence-electron chi connectivity index (χ0n) is 13.9. The van der Waals surface area contributed by atoms with Gasteiger partial charge in [-0.15, -0.1) is 11.3 Å². The van der Waals surface area contributed by atoms with Gasteiger partial charge in [0.1, 0.15) is 0 Å². The van der Waals surface area contributed by atoms with E-state index in [1.165, 1.54) is 0 Å². The Morgan fingerprint density at radius 2 is 2.16 bits per heavy atom. The van der Waals surface area contributed by atoms with Gasteiger partial charge < -0.3 is 14.9 Å². The molecule has 0 aromatic carbocycles. The number of nitrogens with zero attached hydrogens (tertiary/aromatic N) is 1. The second kappa shape index (κ2) is 8.29. The number of hydrogen-bond acceptors (Lipinski definition) is 5. The van der Waals surface area contributed by atoms with E-state index in [0.717, 1.165) is 43.4 Å². The van der Waals surface area contributed by atoms with Crippen molar-refractivity contribution in [1.29, 1.82) is 0 Å². The van der Waals surface area contributed by atoms with Crippen molar-refractivity contribution in [3.8, 4) is 10.6 Å². The van der Waals surface area contributed by atoms with Crippen LogP contribution in [0.25, 0.3) is 10.6 Å². The summed E-state index contributed by atoms with van der Waals surface area (Å²) < 4.78 is 5.20. The van der Waals surface area contributed by atoms with Crippen LogP contribution < -0.4 is 5.32 Å². The van der Waals surface area contributed by atoms with Gasteiger partial charge in [0.05, 0.1) is 10.8 Å². The maximum absolute atomic E-state index is 12.0. The van der Waals surface area contributed by atoms with Crippen LogP contribution in [-0.2, 0) is 4.79 Å². The molecule has 1 aliphatic carbocycles. The topological polar surface area (TPSA) is 92.4 Å². The molecule has 0 bridgehead atoms. The fourth-order valence-electron chi connectivity index (χ4n) is 3.12. The van der Waals surface area contributed by atoms with E-state index in [-0.39, 0.29) is 11.8 Å². The molecule has 2 N–H and O–H groups in total. The van der Waals surface area contributed by atoms with Crippen LogP contribution >= 0.6 is 11.3 Å². The Hall–Kier alpha value is -2.15. The zero-order valence-corrected chi connectivity index (χ0v) is 14.8. The van der Waals surface area contributed by atoms with E-state index in [9.17, 15) is 9.59 Å². The molecule has 0 spiro atoms. The van der Waals surface area contributed by atoms with Gasteiger partial charge in [-0.25, -0.2) is 0 Å². The number of rotatable bonds is 9. The van der Waals surface area contributed by atoms with Crippen LogP contribution in [0.4, 0.5) is 0 Å². The smallest absolute Gasteiger partial charge is 0.306 e. The minimum atomic E-state index is -0.658. The molecule has 1 aliphatic rings. The molecule has 0 atom stereocenters. The molecule has 0 saturated heterocycles. The number of carbonyl (C=O) groups is 2. The van der Waals surface area contributed by atoms with Gasteiger partial charge in [-0.2, -0.15) is 0 Å². The maximum atomic E-state index is 12.0. The fraction of sp³-hybridized carbons (Fsp3) is 0.500. The monoisotopic (exact) mass is 362 g/mol. The summed E-state index contributed by atoms with van der Waals surface area (Å²) in [5.74, 6) is 0.191. The summed E-state index contributed by atoms with van der Waals surface area (Å²) in [4.78, 5) is 23.7. The van der Waals surface area contributed by atoms with Gasteiger partial charge in [-0.05, 0) is 36.6 Å². The summed E-state index contributed by atoms with van der Waals surface area (Å²) in [7, 11) is 0. The number of unbranched alkanes of at least 4 members (excludes halogenated alkanes) is 2. The average molecular weight is 362 g/mol. The van der Waals surface area contributed by atoms with E-state index < -0.39 is 5.97 Å². The molecule has 25 heavy (non-hydrogen) atoms. The number of amides is 1. The molecule has 2 aromatic heterocycles. The second-order valence-corrected chi connectivity index (χ2v) is 7.48. The first kappa shape index (κ1) is 17.7. The van der Waals surface area contributed by atoms with Gasteiger partial charge in [-0.3, -0.25) is 9.59 Å². The quantitative estimate of drug-likeness (QED) is 0.662. The van der Waals surface area contributed by atoms with Crippen LogP contribution in [0.5, 0.6) is 0 Å². The normalized spacial score (nSPS) is 19.4.